The first-order chi connectivity index (χ1) is 8.23. The molecule has 2 aromatic rings. The molecule has 2 nitrogen and oxygen atoms in total. The first-order valence-electron chi connectivity index (χ1n) is 6.52. The van der Waals surface area contributed by atoms with Crippen molar-refractivity contribution in [2.45, 2.75) is 38.2 Å². The maximum absolute atomic E-state index is 10.9. The average Bonchev–Trinajstić information content (AvgIpc) is 2.95. The quantitative estimate of drug-likeness (QED) is 0.811. The van der Waals surface area contributed by atoms with E-state index in [0.717, 1.165) is 30.3 Å². The van der Waals surface area contributed by atoms with Crippen LogP contribution in [0.4, 0.5) is 0 Å². The molecule has 0 spiro atoms. The molecule has 90 valence electrons. The summed E-state index contributed by atoms with van der Waals surface area (Å²) >= 11 is 0. The van der Waals surface area contributed by atoms with Crippen LogP contribution in [0.25, 0.3) is 10.9 Å². The van der Waals surface area contributed by atoms with Crippen LogP contribution >= 0.6 is 0 Å². The van der Waals surface area contributed by atoms with Gasteiger partial charge in [-0.05, 0) is 42.9 Å². The van der Waals surface area contributed by atoms with E-state index in [2.05, 4.69) is 30.1 Å². The minimum atomic E-state index is -0.609. The molecule has 0 aliphatic heterocycles. The zero-order valence-corrected chi connectivity index (χ0v) is 10.2. The molecule has 2 atom stereocenters. The SMILES string of the molecule is CCC1CCC(O)(c2cccc3[nH]ccc23)C1. The van der Waals surface area contributed by atoms with Gasteiger partial charge in [0, 0.05) is 17.1 Å². The highest BCUT2D eigenvalue weighted by Crippen LogP contribution is 2.45. The second-order valence-corrected chi connectivity index (χ2v) is 5.29. The molecule has 2 N–H and O–H groups in total. The van der Waals surface area contributed by atoms with E-state index in [4.69, 9.17) is 0 Å². The lowest BCUT2D eigenvalue weighted by molar-refractivity contribution is 0.0413. The third kappa shape index (κ3) is 1.67. The van der Waals surface area contributed by atoms with Crippen LogP contribution in [0.3, 0.4) is 0 Å². The Balaban J connectivity index is 2.06. The van der Waals surface area contributed by atoms with E-state index in [9.17, 15) is 5.11 Å². The fraction of sp³-hybridized carbons (Fsp3) is 0.467. The Morgan fingerprint density at radius 2 is 2.29 bits per heavy atom. The summed E-state index contributed by atoms with van der Waals surface area (Å²) in [5.74, 6) is 0.675. The van der Waals surface area contributed by atoms with Gasteiger partial charge < -0.3 is 10.1 Å². The van der Waals surface area contributed by atoms with Gasteiger partial charge in [-0.1, -0.05) is 25.5 Å². The van der Waals surface area contributed by atoms with E-state index >= 15 is 0 Å². The van der Waals surface area contributed by atoms with Crippen LogP contribution in [-0.2, 0) is 5.60 Å². The number of fused-ring (bicyclic) bond motifs is 1. The summed E-state index contributed by atoms with van der Waals surface area (Å²) in [5.41, 5.74) is 1.62. The van der Waals surface area contributed by atoms with Gasteiger partial charge in [0.25, 0.3) is 0 Å². The Morgan fingerprint density at radius 1 is 1.41 bits per heavy atom. The molecule has 2 heteroatoms. The standard InChI is InChI=1S/C15H19NO/c1-2-11-6-8-15(17,10-11)13-4-3-5-14-12(13)7-9-16-14/h3-5,7,9,11,16-17H,2,6,8,10H2,1H3. The van der Waals surface area contributed by atoms with Gasteiger partial charge in [0.05, 0.1) is 5.60 Å². The van der Waals surface area contributed by atoms with Crippen molar-refractivity contribution >= 4 is 10.9 Å². The Bertz CT molecular complexity index is 530. The largest absolute Gasteiger partial charge is 0.385 e. The van der Waals surface area contributed by atoms with E-state index in [1.807, 2.05) is 12.3 Å². The zero-order valence-electron chi connectivity index (χ0n) is 10.2. The van der Waals surface area contributed by atoms with Crippen LogP contribution in [-0.4, -0.2) is 10.1 Å². The molecule has 1 heterocycles. The summed E-state index contributed by atoms with van der Waals surface area (Å²) in [7, 11) is 0. The first kappa shape index (κ1) is 10.8. The molecule has 1 aliphatic rings. The maximum Gasteiger partial charge on any atom is 0.0905 e. The van der Waals surface area contributed by atoms with Crippen molar-refractivity contribution in [3.63, 3.8) is 0 Å². The van der Waals surface area contributed by atoms with Crippen molar-refractivity contribution in [1.29, 1.82) is 0 Å². The molecule has 0 saturated heterocycles. The second-order valence-electron chi connectivity index (χ2n) is 5.29. The first-order valence-corrected chi connectivity index (χ1v) is 6.52. The summed E-state index contributed by atoms with van der Waals surface area (Å²) in [6.07, 6.45) is 6.08. The van der Waals surface area contributed by atoms with Gasteiger partial charge >= 0.3 is 0 Å². The number of nitrogens with one attached hydrogen (secondary N) is 1. The predicted molar refractivity (Wildman–Crippen MR) is 69.8 cm³/mol. The zero-order chi connectivity index (χ0) is 11.9. The Labute approximate surface area is 102 Å². The maximum atomic E-state index is 10.9. The number of hydrogen-bond acceptors (Lipinski definition) is 1. The van der Waals surface area contributed by atoms with E-state index in [1.54, 1.807) is 0 Å². The van der Waals surface area contributed by atoms with Gasteiger partial charge in [-0.2, -0.15) is 0 Å². The van der Waals surface area contributed by atoms with Gasteiger partial charge in [0.15, 0.2) is 0 Å². The summed E-state index contributed by atoms with van der Waals surface area (Å²) in [6, 6.07) is 8.25. The summed E-state index contributed by atoms with van der Waals surface area (Å²) in [6.45, 7) is 2.22. The summed E-state index contributed by atoms with van der Waals surface area (Å²) in [4.78, 5) is 3.21. The predicted octanol–water partition coefficient (Wildman–Crippen LogP) is 3.57. The number of aromatic amines is 1. The second kappa shape index (κ2) is 3.88. The van der Waals surface area contributed by atoms with E-state index in [-0.39, 0.29) is 0 Å². The lowest BCUT2D eigenvalue weighted by atomic mass is 9.88. The minimum Gasteiger partial charge on any atom is -0.385 e. The number of H-pyrrole nitrogens is 1. The van der Waals surface area contributed by atoms with Crippen molar-refractivity contribution in [3.05, 3.63) is 36.0 Å². The van der Waals surface area contributed by atoms with E-state index < -0.39 is 5.60 Å². The van der Waals surface area contributed by atoms with Crippen molar-refractivity contribution < 1.29 is 5.11 Å². The van der Waals surface area contributed by atoms with Crippen LogP contribution < -0.4 is 0 Å². The van der Waals surface area contributed by atoms with Crippen LogP contribution in [0.2, 0.25) is 0 Å². The third-order valence-electron chi connectivity index (χ3n) is 4.27. The molecule has 1 aromatic carbocycles. The molecular formula is C15H19NO. The molecule has 0 radical (unpaired) electrons. The highest BCUT2D eigenvalue weighted by Gasteiger charge is 2.38. The highest BCUT2D eigenvalue weighted by atomic mass is 16.3. The average molecular weight is 229 g/mol. The fourth-order valence-corrected chi connectivity index (χ4v) is 3.21. The number of aromatic nitrogens is 1. The molecule has 1 aliphatic carbocycles. The summed E-state index contributed by atoms with van der Waals surface area (Å²) in [5, 5.41) is 12.0. The molecule has 1 fully saturated rings. The minimum absolute atomic E-state index is 0.609. The highest BCUT2D eigenvalue weighted by molar-refractivity contribution is 5.83. The van der Waals surface area contributed by atoms with Crippen LogP contribution in [0.1, 0.15) is 38.2 Å². The van der Waals surface area contributed by atoms with Crippen LogP contribution in [0, 0.1) is 5.92 Å². The molecule has 1 saturated carbocycles. The normalized spacial score (nSPS) is 28.9. The monoisotopic (exact) mass is 229 g/mol. The van der Waals surface area contributed by atoms with E-state index in [1.165, 1.54) is 11.8 Å². The van der Waals surface area contributed by atoms with Gasteiger partial charge in [-0.15, -0.1) is 0 Å². The lowest BCUT2D eigenvalue weighted by Gasteiger charge is -2.24. The smallest absolute Gasteiger partial charge is 0.0905 e. The fourth-order valence-electron chi connectivity index (χ4n) is 3.21. The molecule has 0 bridgehead atoms. The van der Waals surface area contributed by atoms with Gasteiger partial charge in [0.1, 0.15) is 0 Å². The number of hydrogen-bond donors (Lipinski definition) is 2. The molecule has 1 aromatic heterocycles. The third-order valence-corrected chi connectivity index (χ3v) is 4.27. The van der Waals surface area contributed by atoms with Gasteiger partial charge in [-0.25, -0.2) is 0 Å². The van der Waals surface area contributed by atoms with Crippen molar-refractivity contribution in [1.82, 2.24) is 4.98 Å². The van der Waals surface area contributed by atoms with Gasteiger partial charge in [0.2, 0.25) is 0 Å². The van der Waals surface area contributed by atoms with Crippen molar-refractivity contribution in [3.8, 4) is 0 Å². The molecule has 2 unspecified atom stereocenters. The van der Waals surface area contributed by atoms with E-state index in [0.29, 0.717) is 5.92 Å². The Hall–Kier alpha value is -1.28. The molecule has 0 amide bonds. The summed E-state index contributed by atoms with van der Waals surface area (Å²) < 4.78 is 0. The van der Waals surface area contributed by atoms with Gasteiger partial charge in [-0.3, -0.25) is 0 Å². The van der Waals surface area contributed by atoms with Crippen molar-refractivity contribution in [2.24, 2.45) is 5.92 Å². The molecular weight excluding hydrogens is 210 g/mol. The number of benzene rings is 1. The molecule has 17 heavy (non-hydrogen) atoms. The Morgan fingerprint density at radius 3 is 3.06 bits per heavy atom. The van der Waals surface area contributed by atoms with Crippen LogP contribution in [0.15, 0.2) is 30.5 Å². The lowest BCUT2D eigenvalue weighted by Crippen LogP contribution is -2.21. The van der Waals surface area contributed by atoms with Crippen molar-refractivity contribution in [2.75, 3.05) is 0 Å². The van der Waals surface area contributed by atoms with Crippen LogP contribution in [0.5, 0.6) is 0 Å². The molecule has 3 rings (SSSR count). The number of rotatable bonds is 2. The topological polar surface area (TPSA) is 36.0 Å². The Kier molecular flexibility index (Phi) is 2.48. The number of aliphatic hydroxyl groups is 1.